The number of hydrogen-bond acceptors (Lipinski definition) is 1. The maximum absolute atomic E-state index is 11.2. The molecule has 0 amide bonds. The van der Waals surface area contributed by atoms with Crippen molar-refractivity contribution < 1.29 is 18.0 Å². The Balaban J connectivity index is 3.39. The Morgan fingerprint density at radius 3 is 2.00 bits per heavy atom. The van der Waals surface area contributed by atoms with Gasteiger partial charge in [-0.05, 0) is 11.6 Å². The molecule has 0 bridgehead atoms. The highest BCUT2D eigenvalue weighted by Gasteiger charge is 2.27. The van der Waals surface area contributed by atoms with E-state index in [9.17, 15) is 18.0 Å². The number of halogens is 4. The highest BCUT2D eigenvalue weighted by molar-refractivity contribution is 6.63. The standard InChI is InChI=1S/C4H4ClF3O/c5-3(9)1-2-4(6,7)8/h1-2H2. The Morgan fingerprint density at radius 2 is 1.89 bits per heavy atom. The predicted octanol–water partition coefficient (Wildman–Crippen LogP) is 2.09. The van der Waals surface area contributed by atoms with E-state index in [-0.39, 0.29) is 0 Å². The summed E-state index contributed by atoms with van der Waals surface area (Å²) in [5, 5.41) is -0.952. The lowest BCUT2D eigenvalue weighted by Gasteiger charge is -2.01. The summed E-state index contributed by atoms with van der Waals surface area (Å²) < 4.78 is 33.6. The van der Waals surface area contributed by atoms with Crippen molar-refractivity contribution in [2.45, 2.75) is 19.0 Å². The minimum atomic E-state index is -4.27. The SMILES string of the molecule is O=C(Cl)CCC(F)(F)F. The Bertz CT molecular complexity index is 109. The van der Waals surface area contributed by atoms with Crippen LogP contribution in [0.4, 0.5) is 13.2 Å². The molecule has 0 fully saturated rings. The summed E-state index contributed by atoms with van der Waals surface area (Å²) in [4.78, 5) is 9.76. The molecular weight excluding hydrogens is 156 g/mol. The van der Waals surface area contributed by atoms with Crippen LogP contribution in [0.5, 0.6) is 0 Å². The molecule has 0 aliphatic carbocycles. The van der Waals surface area contributed by atoms with Gasteiger partial charge in [0.1, 0.15) is 0 Å². The lowest BCUT2D eigenvalue weighted by atomic mass is 10.3. The molecule has 1 nitrogen and oxygen atoms in total. The van der Waals surface area contributed by atoms with Crippen LogP contribution in [0.3, 0.4) is 0 Å². The largest absolute Gasteiger partial charge is 0.389 e. The first-order valence-corrected chi connectivity index (χ1v) is 2.55. The second kappa shape index (κ2) is 3.06. The molecule has 54 valence electrons. The van der Waals surface area contributed by atoms with Crippen LogP contribution in [0.15, 0.2) is 0 Å². The zero-order valence-corrected chi connectivity index (χ0v) is 5.09. The summed E-state index contributed by atoms with van der Waals surface area (Å²) in [5.74, 6) is 0. The molecule has 5 heteroatoms. The molecule has 0 unspecified atom stereocenters. The van der Waals surface area contributed by atoms with Gasteiger partial charge in [0.05, 0.1) is 6.42 Å². The molecule has 0 heterocycles. The normalized spacial score (nSPS) is 11.6. The molecule has 0 spiro atoms. The van der Waals surface area contributed by atoms with Gasteiger partial charge in [-0.2, -0.15) is 13.2 Å². The average molecular weight is 161 g/mol. The van der Waals surface area contributed by atoms with E-state index in [0.717, 1.165) is 0 Å². The minimum Gasteiger partial charge on any atom is -0.281 e. The fourth-order valence-electron chi connectivity index (χ4n) is 0.240. The van der Waals surface area contributed by atoms with Crippen molar-refractivity contribution in [2.75, 3.05) is 0 Å². The minimum absolute atomic E-state index is 0.634. The molecule has 0 saturated carbocycles. The van der Waals surface area contributed by atoms with E-state index in [1.807, 2.05) is 0 Å². The molecule has 0 aliphatic rings. The number of hydrogen-bond donors (Lipinski definition) is 0. The monoisotopic (exact) mass is 160 g/mol. The van der Waals surface area contributed by atoms with Crippen LogP contribution in [0.1, 0.15) is 12.8 Å². The van der Waals surface area contributed by atoms with Gasteiger partial charge in [-0.15, -0.1) is 0 Å². The Kier molecular flexibility index (Phi) is 2.97. The van der Waals surface area contributed by atoms with Crippen LogP contribution < -0.4 is 0 Å². The zero-order chi connectivity index (χ0) is 7.49. The summed E-state index contributed by atoms with van der Waals surface area (Å²) in [6.07, 6.45) is -6.04. The molecule has 0 aromatic rings. The lowest BCUT2D eigenvalue weighted by molar-refractivity contribution is -0.140. The third-order valence-corrected chi connectivity index (χ3v) is 0.794. The van der Waals surface area contributed by atoms with Gasteiger partial charge in [0.15, 0.2) is 0 Å². The third-order valence-electron chi connectivity index (χ3n) is 0.605. The van der Waals surface area contributed by atoms with Gasteiger partial charge >= 0.3 is 6.18 Å². The number of alkyl halides is 3. The van der Waals surface area contributed by atoms with Crippen molar-refractivity contribution in [3.8, 4) is 0 Å². The van der Waals surface area contributed by atoms with Crippen molar-refractivity contribution in [3.05, 3.63) is 0 Å². The second-order valence-corrected chi connectivity index (χ2v) is 1.89. The van der Waals surface area contributed by atoms with Crippen molar-refractivity contribution in [2.24, 2.45) is 0 Å². The van der Waals surface area contributed by atoms with Gasteiger partial charge in [-0.3, -0.25) is 4.79 Å². The first-order chi connectivity index (χ1) is 3.92. The maximum Gasteiger partial charge on any atom is 0.389 e. The van der Waals surface area contributed by atoms with E-state index < -0.39 is 24.3 Å². The maximum atomic E-state index is 11.2. The van der Waals surface area contributed by atoms with Crippen molar-refractivity contribution >= 4 is 16.8 Å². The molecule has 0 aromatic heterocycles. The summed E-state index contributed by atoms with van der Waals surface area (Å²) in [6.45, 7) is 0. The van der Waals surface area contributed by atoms with Crippen LogP contribution in [0.25, 0.3) is 0 Å². The highest BCUT2D eigenvalue weighted by Crippen LogP contribution is 2.21. The van der Waals surface area contributed by atoms with E-state index in [2.05, 4.69) is 11.6 Å². The summed E-state index contributed by atoms with van der Waals surface area (Å²) in [5.41, 5.74) is 0. The Labute approximate surface area is 54.8 Å². The van der Waals surface area contributed by atoms with E-state index in [0.29, 0.717) is 0 Å². The van der Waals surface area contributed by atoms with Crippen molar-refractivity contribution in [1.29, 1.82) is 0 Å². The first kappa shape index (κ1) is 8.75. The lowest BCUT2D eigenvalue weighted by Crippen LogP contribution is -2.08. The van der Waals surface area contributed by atoms with Crippen LogP contribution in [0.2, 0.25) is 0 Å². The van der Waals surface area contributed by atoms with Crippen LogP contribution in [-0.4, -0.2) is 11.4 Å². The Morgan fingerprint density at radius 1 is 1.44 bits per heavy atom. The predicted molar refractivity (Wildman–Crippen MR) is 26.1 cm³/mol. The fourth-order valence-corrected chi connectivity index (χ4v) is 0.335. The van der Waals surface area contributed by atoms with Gasteiger partial charge in [0, 0.05) is 6.42 Å². The summed E-state index contributed by atoms with van der Waals surface area (Å²) in [6, 6.07) is 0. The van der Waals surface area contributed by atoms with Crippen LogP contribution in [0, 0.1) is 0 Å². The molecule has 9 heavy (non-hydrogen) atoms. The van der Waals surface area contributed by atoms with Crippen molar-refractivity contribution in [1.82, 2.24) is 0 Å². The second-order valence-electron chi connectivity index (χ2n) is 1.47. The van der Waals surface area contributed by atoms with E-state index in [1.165, 1.54) is 0 Å². The first-order valence-electron chi connectivity index (χ1n) is 2.17. The van der Waals surface area contributed by atoms with Gasteiger partial charge in [0.2, 0.25) is 5.24 Å². The van der Waals surface area contributed by atoms with Crippen LogP contribution >= 0.6 is 11.6 Å². The smallest absolute Gasteiger partial charge is 0.281 e. The third kappa shape index (κ3) is 7.75. The summed E-state index contributed by atoms with van der Waals surface area (Å²) in [7, 11) is 0. The fraction of sp³-hybridized carbons (Fsp3) is 0.750. The molecule has 0 atom stereocenters. The van der Waals surface area contributed by atoms with E-state index in [4.69, 9.17) is 0 Å². The molecule has 0 rings (SSSR count). The van der Waals surface area contributed by atoms with Crippen molar-refractivity contribution in [3.63, 3.8) is 0 Å². The van der Waals surface area contributed by atoms with Gasteiger partial charge in [0.25, 0.3) is 0 Å². The van der Waals surface area contributed by atoms with E-state index in [1.54, 1.807) is 0 Å². The molecule has 0 aromatic carbocycles. The van der Waals surface area contributed by atoms with Gasteiger partial charge in [-0.1, -0.05) is 0 Å². The molecule has 0 aliphatic heterocycles. The van der Waals surface area contributed by atoms with E-state index >= 15 is 0 Å². The quantitative estimate of drug-likeness (QED) is 0.566. The number of rotatable bonds is 2. The zero-order valence-electron chi connectivity index (χ0n) is 4.33. The summed E-state index contributed by atoms with van der Waals surface area (Å²) >= 11 is 4.64. The number of carbonyl (C=O) groups is 1. The molecule has 0 saturated heterocycles. The Hall–Kier alpha value is -0.250. The molecule has 0 radical (unpaired) electrons. The van der Waals surface area contributed by atoms with Gasteiger partial charge in [-0.25, -0.2) is 0 Å². The highest BCUT2D eigenvalue weighted by atomic mass is 35.5. The topological polar surface area (TPSA) is 17.1 Å². The molecular formula is C4H4ClF3O. The number of carbonyl (C=O) groups excluding carboxylic acids is 1. The van der Waals surface area contributed by atoms with Gasteiger partial charge < -0.3 is 0 Å². The van der Waals surface area contributed by atoms with Crippen LogP contribution in [-0.2, 0) is 4.79 Å². The average Bonchev–Trinajstić information content (AvgIpc) is 1.59. The molecule has 0 N–H and O–H groups in total.